The minimum Gasteiger partial charge on any atom is -0.319 e. The summed E-state index contributed by atoms with van der Waals surface area (Å²) in [6, 6.07) is 0. The second-order valence-electron chi connectivity index (χ2n) is 4.15. The first-order valence-electron chi connectivity index (χ1n) is 5.15. The minimum absolute atomic E-state index is 0.224. The van der Waals surface area contributed by atoms with Gasteiger partial charge in [-0.15, -0.1) is 0 Å². The molecule has 3 rings (SSSR count). The smallest absolute Gasteiger partial charge is 0.186 e. The number of nitrogens with zero attached hydrogens (tertiary/aromatic N) is 3. The molecule has 1 aromatic rings. The molecule has 14 heavy (non-hydrogen) atoms. The fourth-order valence-corrected chi connectivity index (χ4v) is 3.12. The molecule has 0 spiro atoms. The van der Waals surface area contributed by atoms with Crippen LogP contribution in [-0.2, 0) is 12.1 Å². The van der Waals surface area contributed by atoms with Crippen molar-refractivity contribution in [3.63, 3.8) is 0 Å². The number of hydrogen-bond donors (Lipinski definition) is 1. The zero-order valence-electron chi connectivity index (χ0n) is 8.07. The average molecular weight is 210 g/mol. The van der Waals surface area contributed by atoms with Gasteiger partial charge in [0.2, 0.25) is 0 Å². The normalized spacial score (nSPS) is 24.1. The van der Waals surface area contributed by atoms with Crippen molar-refractivity contribution < 1.29 is 0 Å². The lowest BCUT2D eigenvalue weighted by atomic mass is 9.99. The van der Waals surface area contributed by atoms with Crippen LogP contribution in [0.5, 0.6) is 0 Å². The van der Waals surface area contributed by atoms with E-state index in [1.165, 1.54) is 12.8 Å². The molecule has 5 heteroatoms. The monoisotopic (exact) mass is 210 g/mol. The molecule has 0 unspecified atom stereocenters. The lowest BCUT2D eigenvalue weighted by Gasteiger charge is -2.18. The van der Waals surface area contributed by atoms with E-state index in [1.54, 1.807) is 11.8 Å². The van der Waals surface area contributed by atoms with Gasteiger partial charge in [0.05, 0.1) is 12.1 Å². The van der Waals surface area contributed by atoms with Gasteiger partial charge >= 0.3 is 0 Å². The molecule has 76 valence electrons. The van der Waals surface area contributed by atoms with Gasteiger partial charge in [-0.3, -0.25) is 0 Å². The number of rotatable bonds is 1. The summed E-state index contributed by atoms with van der Waals surface area (Å²) in [6.07, 6.45) is 4.52. The van der Waals surface area contributed by atoms with Gasteiger partial charge in [0.1, 0.15) is 0 Å². The van der Waals surface area contributed by atoms with Crippen LogP contribution in [0.25, 0.3) is 0 Å². The van der Waals surface area contributed by atoms with E-state index in [9.17, 15) is 0 Å². The molecule has 0 radical (unpaired) electrons. The van der Waals surface area contributed by atoms with Crippen molar-refractivity contribution in [1.29, 1.82) is 0 Å². The Morgan fingerprint density at radius 1 is 1.36 bits per heavy atom. The maximum Gasteiger partial charge on any atom is 0.186 e. The molecular weight excluding hydrogens is 196 g/mol. The first kappa shape index (κ1) is 8.73. The van der Waals surface area contributed by atoms with Crippen molar-refractivity contribution in [3.05, 3.63) is 5.82 Å². The molecule has 1 aromatic heterocycles. The van der Waals surface area contributed by atoms with Crippen LogP contribution in [0.4, 0.5) is 0 Å². The maximum atomic E-state index is 6.29. The molecule has 2 aliphatic rings. The lowest BCUT2D eigenvalue weighted by Crippen LogP contribution is -2.34. The Labute approximate surface area is 87.3 Å². The van der Waals surface area contributed by atoms with E-state index >= 15 is 0 Å². The van der Waals surface area contributed by atoms with Gasteiger partial charge in [0.15, 0.2) is 11.0 Å². The minimum atomic E-state index is -0.224. The number of nitrogens with two attached hydrogens (primary N) is 1. The van der Waals surface area contributed by atoms with Crippen molar-refractivity contribution in [1.82, 2.24) is 14.8 Å². The summed E-state index contributed by atoms with van der Waals surface area (Å²) in [5.41, 5.74) is 6.07. The maximum absolute atomic E-state index is 6.29. The van der Waals surface area contributed by atoms with Gasteiger partial charge in [-0.25, -0.2) is 9.67 Å². The van der Waals surface area contributed by atoms with Crippen LogP contribution in [0.15, 0.2) is 5.16 Å². The summed E-state index contributed by atoms with van der Waals surface area (Å²) in [5.74, 6) is 1.98. The molecule has 0 aromatic carbocycles. The van der Waals surface area contributed by atoms with Gasteiger partial charge in [0.25, 0.3) is 0 Å². The molecule has 0 saturated heterocycles. The van der Waals surface area contributed by atoms with E-state index in [0.29, 0.717) is 0 Å². The van der Waals surface area contributed by atoms with Crippen LogP contribution in [0.3, 0.4) is 0 Å². The zero-order chi connectivity index (χ0) is 9.60. The van der Waals surface area contributed by atoms with Crippen molar-refractivity contribution in [2.24, 2.45) is 5.73 Å². The molecule has 1 aliphatic heterocycles. The highest BCUT2D eigenvalue weighted by atomic mass is 32.2. The van der Waals surface area contributed by atoms with Crippen LogP contribution in [0.1, 0.15) is 31.5 Å². The SMILES string of the molecule is NC1(c2nc3n(n2)CCS3)CCCC1. The fourth-order valence-electron chi connectivity index (χ4n) is 2.24. The van der Waals surface area contributed by atoms with Crippen molar-refractivity contribution in [2.75, 3.05) is 5.75 Å². The quantitative estimate of drug-likeness (QED) is 0.754. The van der Waals surface area contributed by atoms with Gasteiger partial charge in [-0.2, -0.15) is 5.10 Å². The Kier molecular flexibility index (Phi) is 1.85. The van der Waals surface area contributed by atoms with E-state index in [-0.39, 0.29) is 5.54 Å². The topological polar surface area (TPSA) is 56.7 Å². The first-order valence-corrected chi connectivity index (χ1v) is 6.13. The molecule has 0 atom stereocenters. The summed E-state index contributed by atoms with van der Waals surface area (Å²) in [5, 5.41) is 5.56. The van der Waals surface area contributed by atoms with E-state index in [0.717, 1.165) is 36.1 Å². The van der Waals surface area contributed by atoms with Crippen LogP contribution in [0.2, 0.25) is 0 Å². The summed E-state index contributed by atoms with van der Waals surface area (Å²) in [7, 11) is 0. The highest BCUT2D eigenvalue weighted by Gasteiger charge is 2.36. The lowest BCUT2D eigenvalue weighted by molar-refractivity contribution is 0.427. The molecular formula is C9H14N4S. The Bertz CT molecular complexity index is 332. The number of fused-ring (bicyclic) bond motifs is 1. The molecule has 1 saturated carbocycles. The summed E-state index contributed by atoms with van der Waals surface area (Å²) in [4.78, 5) is 4.53. The van der Waals surface area contributed by atoms with Crippen LogP contribution >= 0.6 is 11.8 Å². The molecule has 4 nitrogen and oxygen atoms in total. The van der Waals surface area contributed by atoms with Gasteiger partial charge in [-0.1, -0.05) is 24.6 Å². The molecule has 0 amide bonds. The zero-order valence-corrected chi connectivity index (χ0v) is 8.89. The summed E-state index contributed by atoms with van der Waals surface area (Å²) in [6.45, 7) is 0.989. The molecule has 2 N–H and O–H groups in total. The Balaban J connectivity index is 1.96. The van der Waals surface area contributed by atoms with Gasteiger partial charge in [-0.05, 0) is 12.8 Å². The first-order chi connectivity index (χ1) is 6.78. The second kappa shape index (κ2) is 2.97. The second-order valence-corrected chi connectivity index (χ2v) is 5.21. The van der Waals surface area contributed by atoms with Gasteiger partial charge < -0.3 is 5.73 Å². The third-order valence-corrected chi connectivity index (χ3v) is 4.06. The average Bonchev–Trinajstić information content (AvgIpc) is 2.75. The molecule has 0 bridgehead atoms. The van der Waals surface area contributed by atoms with Crippen LogP contribution in [0, 0.1) is 0 Å². The van der Waals surface area contributed by atoms with E-state index < -0.39 is 0 Å². The summed E-state index contributed by atoms with van der Waals surface area (Å²) >= 11 is 1.78. The summed E-state index contributed by atoms with van der Waals surface area (Å²) < 4.78 is 1.99. The van der Waals surface area contributed by atoms with E-state index in [1.807, 2.05) is 4.68 Å². The highest BCUT2D eigenvalue weighted by Crippen LogP contribution is 2.36. The van der Waals surface area contributed by atoms with Gasteiger partial charge in [0, 0.05) is 5.75 Å². The van der Waals surface area contributed by atoms with Crippen LogP contribution < -0.4 is 5.73 Å². The number of hydrogen-bond acceptors (Lipinski definition) is 4. The largest absolute Gasteiger partial charge is 0.319 e. The number of thioether (sulfide) groups is 1. The van der Waals surface area contributed by atoms with Crippen LogP contribution in [-0.4, -0.2) is 20.5 Å². The van der Waals surface area contributed by atoms with Crippen molar-refractivity contribution in [2.45, 2.75) is 42.9 Å². The predicted molar refractivity (Wildman–Crippen MR) is 55.1 cm³/mol. The standard InChI is InChI=1S/C9H14N4S/c10-9(3-1-2-4-9)7-11-8-13(12-7)5-6-14-8/h1-6,10H2. The predicted octanol–water partition coefficient (Wildman–Crippen LogP) is 1.11. The third kappa shape index (κ3) is 1.19. The fraction of sp³-hybridized carbons (Fsp3) is 0.778. The number of aryl methyl sites for hydroxylation is 1. The van der Waals surface area contributed by atoms with E-state index in [2.05, 4.69) is 10.1 Å². The third-order valence-electron chi connectivity index (χ3n) is 3.11. The Morgan fingerprint density at radius 3 is 2.86 bits per heavy atom. The molecule has 2 heterocycles. The van der Waals surface area contributed by atoms with Crippen molar-refractivity contribution in [3.8, 4) is 0 Å². The molecule has 1 aliphatic carbocycles. The number of aromatic nitrogens is 3. The Hall–Kier alpha value is -0.550. The van der Waals surface area contributed by atoms with Crippen molar-refractivity contribution >= 4 is 11.8 Å². The molecule has 1 fully saturated rings. The van der Waals surface area contributed by atoms with E-state index in [4.69, 9.17) is 5.73 Å². The Morgan fingerprint density at radius 2 is 2.14 bits per heavy atom. The highest BCUT2D eigenvalue weighted by molar-refractivity contribution is 7.99.